The highest BCUT2D eigenvalue weighted by Gasteiger charge is 2.46. The number of halogens is 4. The van der Waals surface area contributed by atoms with Gasteiger partial charge in [0.1, 0.15) is 17.9 Å². The molecule has 0 radical (unpaired) electrons. The molecule has 1 saturated heterocycles. The van der Waals surface area contributed by atoms with E-state index in [1.807, 2.05) is 0 Å². The van der Waals surface area contributed by atoms with Crippen molar-refractivity contribution in [3.63, 3.8) is 0 Å². The molecule has 12 heteroatoms. The molecule has 2 aromatic rings. The van der Waals surface area contributed by atoms with Crippen molar-refractivity contribution in [1.82, 2.24) is 15.2 Å². The molecule has 0 aliphatic carbocycles. The van der Waals surface area contributed by atoms with E-state index in [1.54, 1.807) is 6.92 Å². The van der Waals surface area contributed by atoms with Gasteiger partial charge in [-0.05, 0) is 48.5 Å². The number of pyridine rings is 1. The number of aromatic nitrogens is 1. The standard InChI is InChI=1S/C21H15F4N5O2S/c1-2-27-18(31)13-3-11-9-29-17(5-10(11)4-15(13)22)19(32)30(20(29)33)12-6-14(21(23,24)25)16(7-26)28-8-12/h3-4,6,8,17H,2,5,9H2,1H3,(H,27,31). The zero-order valence-electron chi connectivity index (χ0n) is 17.0. The summed E-state index contributed by atoms with van der Waals surface area (Å²) in [5.74, 6) is -1.90. The summed E-state index contributed by atoms with van der Waals surface area (Å²) in [6.07, 6.45) is -3.81. The number of hydrogen-bond acceptors (Lipinski definition) is 5. The number of hydrogen-bond donors (Lipinski definition) is 1. The van der Waals surface area contributed by atoms with E-state index in [4.69, 9.17) is 17.5 Å². The van der Waals surface area contributed by atoms with Crippen molar-refractivity contribution in [2.24, 2.45) is 0 Å². The Balaban J connectivity index is 1.70. The van der Waals surface area contributed by atoms with E-state index >= 15 is 0 Å². The number of nitrogens with one attached hydrogen (secondary N) is 1. The molecule has 2 amide bonds. The zero-order chi connectivity index (χ0) is 24.1. The highest BCUT2D eigenvalue weighted by molar-refractivity contribution is 7.80. The van der Waals surface area contributed by atoms with Crippen molar-refractivity contribution in [2.75, 3.05) is 11.4 Å². The van der Waals surface area contributed by atoms with Gasteiger partial charge in [-0.1, -0.05) is 0 Å². The molecule has 170 valence electrons. The summed E-state index contributed by atoms with van der Waals surface area (Å²) >= 11 is 5.38. The van der Waals surface area contributed by atoms with Gasteiger partial charge >= 0.3 is 6.18 Å². The van der Waals surface area contributed by atoms with Gasteiger partial charge in [0.15, 0.2) is 10.8 Å². The van der Waals surface area contributed by atoms with Gasteiger partial charge in [-0.2, -0.15) is 18.4 Å². The number of amides is 2. The first-order valence-corrected chi connectivity index (χ1v) is 10.2. The van der Waals surface area contributed by atoms with Crippen molar-refractivity contribution >= 4 is 34.8 Å². The third kappa shape index (κ3) is 3.78. The van der Waals surface area contributed by atoms with Crippen LogP contribution in [0.15, 0.2) is 24.4 Å². The Bertz CT molecular complexity index is 1240. The summed E-state index contributed by atoms with van der Waals surface area (Å²) in [7, 11) is 0. The average Bonchev–Trinajstić information content (AvgIpc) is 3.00. The smallest absolute Gasteiger partial charge is 0.352 e. The Morgan fingerprint density at radius 3 is 2.70 bits per heavy atom. The first-order chi connectivity index (χ1) is 15.6. The van der Waals surface area contributed by atoms with E-state index < -0.39 is 41.1 Å². The third-order valence-corrected chi connectivity index (χ3v) is 5.90. The van der Waals surface area contributed by atoms with E-state index in [2.05, 4.69) is 10.3 Å². The molecule has 1 fully saturated rings. The summed E-state index contributed by atoms with van der Waals surface area (Å²) in [6.45, 7) is 2.09. The van der Waals surface area contributed by atoms with Gasteiger partial charge in [0, 0.05) is 19.5 Å². The summed E-state index contributed by atoms with van der Waals surface area (Å²) in [5.41, 5.74) is -1.37. The molecule has 1 unspecified atom stereocenters. The van der Waals surface area contributed by atoms with Crippen LogP contribution < -0.4 is 10.2 Å². The molecular formula is C21H15F4N5O2S. The number of anilines is 1. The van der Waals surface area contributed by atoms with Crippen LogP contribution in [0.4, 0.5) is 23.2 Å². The highest BCUT2D eigenvalue weighted by Crippen LogP contribution is 2.37. The number of fused-ring (bicyclic) bond motifs is 2. The van der Waals surface area contributed by atoms with E-state index in [0.29, 0.717) is 23.7 Å². The first-order valence-electron chi connectivity index (χ1n) is 9.78. The van der Waals surface area contributed by atoms with Crippen LogP contribution in [0.1, 0.15) is 39.7 Å². The average molecular weight is 477 g/mol. The summed E-state index contributed by atoms with van der Waals surface area (Å²) in [6, 6.07) is 3.80. The molecule has 1 aromatic heterocycles. The molecule has 3 heterocycles. The van der Waals surface area contributed by atoms with Crippen molar-refractivity contribution in [3.8, 4) is 6.07 Å². The number of alkyl halides is 3. The van der Waals surface area contributed by atoms with Crippen LogP contribution in [-0.2, 0) is 23.9 Å². The second-order valence-corrected chi connectivity index (χ2v) is 7.83. The molecule has 1 atom stereocenters. The van der Waals surface area contributed by atoms with Crippen molar-refractivity contribution in [2.45, 2.75) is 32.1 Å². The fourth-order valence-corrected chi connectivity index (χ4v) is 4.34. The van der Waals surface area contributed by atoms with Crippen LogP contribution in [0.5, 0.6) is 0 Å². The van der Waals surface area contributed by atoms with Gasteiger partial charge < -0.3 is 10.2 Å². The molecule has 2 aliphatic heterocycles. The monoisotopic (exact) mass is 477 g/mol. The lowest BCUT2D eigenvalue weighted by Gasteiger charge is -2.30. The second kappa shape index (κ2) is 8.08. The number of benzene rings is 1. The van der Waals surface area contributed by atoms with Gasteiger partial charge in [-0.3, -0.25) is 14.5 Å². The highest BCUT2D eigenvalue weighted by atomic mass is 32.1. The van der Waals surface area contributed by atoms with Gasteiger partial charge in [-0.15, -0.1) is 0 Å². The number of nitriles is 1. The maximum absolute atomic E-state index is 14.5. The lowest BCUT2D eigenvalue weighted by Crippen LogP contribution is -2.40. The van der Waals surface area contributed by atoms with E-state index in [0.717, 1.165) is 11.1 Å². The second-order valence-electron chi connectivity index (χ2n) is 7.46. The third-order valence-electron chi connectivity index (χ3n) is 5.49. The Labute approximate surface area is 190 Å². The normalized spacial score (nSPS) is 17.5. The summed E-state index contributed by atoms with van der Waals surface area (Å²) in [4.78, 5) is 31.2. The largest absolute Gasteiger partial charge is 0.419 e. The maximum Gasteiger partial charge on any atom is 0.419 e. The molecule has 33 heavy (non-hydrogen) atoms. The molecule has 7 nitrogen and oxygen atoms in total. The summed E-state index contributed by atoms with van der Waals surface area (Å²) < 4.78 is 54.6. The lowest BCUT2D eigenvalue weighted by molar-refractivity contribution is -0.138. The molecule has 4 rings (SSSR count). The molecule has 0 spiro atoms. The van der Waals surface area contributed by atoms with Gasteiger partial charge in [0.05, 0.1) is 23.0 Å². The van der Waals surface area contributed by atoms with Crippen LogP contribution in [0.3, 0.4) is 0 Å². The molecule has 2 aliphatic rings. The fraction of sp³-hybridized carbons (Fsp3) is 0.286. The number of carbonyl (C=O) groups is 2. The Morgan fingerprint density at radius 2 is 2.06 bits per heavy atom. The van der Waals surface area contributed by atoms with E-state index in [-0.39, 0.29) is 29.3 Å². The topological polar surface area (TPSA) is 89.3 Å². The molecule has 0 bridgehead atoms. The van der Waals surface area contributed by atoms with E-state index in [9.17, 15) is 27.2 Å². The van der Waals surface area contributed by atoms with E-state index in [1.165, 1.54) is 23.1 Å². The zero-order valence-corrected chi connectivity index (χ0v) is 17.9. The minimum absolute atomic E-state index is 0.0424. The minimum Gasteiger partial charge on any atom is -0.352 e. The molecule has 1 N–H and O–H groups in total. The number of nitrogens with zero attached hydrogens (tertiary/aromatic N) is 4. The predicted molar refractivity (Wildman–Crippen MR) is 111 cm³/mol. The Hall–Kier alpha value is -3.59. The minimum atomic E-state index is -4.85. The molecule has 1 aromatic carbocycles. The van der Waals surface area contributed by atoms with Crippen LogP contribution >= 0.6 is 12.2 Å². The lowest BCUT2D eigenvalue weighted by atomic mass is 9.92. The van der Waals surface area contributed by atoms with Crippen molar-refractivity contribution in [1.29, 1.82) is 5.26 Å². The van der Waals surface area contributed by atoms with Crippen LogP contribution in [0.25, 0.3) is 0 Å². The van der Waals surface area contributed by atoms with Crippen LogP contribution in [-0.4, -0.2) is 39.4 Å². The Morgan fingerprint density at radius 1 is 1.33 bits per heavy atom. The number of thiocarbonyl (C=S) groups is 1. The van der Waals surface area contributed by atoms with Crippen molar-refractivity contribution < 1.29 is 27.2 Å². The quantitative estimate of drug-likeness (QED) is 0.540. The molecular weight excluding hydrogens is 462 g/mol. The van der Waals surface area contributed by atoms with Crippen LogP contribution in [0.2, 0.25) is 0 Å². The van der Waals surface area contributed by atoms with Crippen molar-refractivity contribution in [3.05, 3.63) is 58.2 Å². The molecule has 0 saturated carbocycles. The summed E-state index contributed by atoms with van der Waals surface area (Å²) in [5, 5.41) is 11.4. The number of rotatable bonds is 3. The maximum atomic E-state index is 14.5. The van der Waals surface area contributed by atoms with Gasteiger partial charge in [0.2, 0.25) is 0 Å². The van der Waals surface area contributed by atoms with Gasteiger partial charge in [-0.25, -0.2) is 9.37 Å². The predicted octanol–water partition coefficient (Wildman–Crippen LogP) is 2.92. The Kier molecular flexibility index (Phi) is 5.53. The van der Waals surface area contributed by atoms with Gasteiger partial charge in [0.25, 0.3) is 11.8 Å². The fourth-order valence-electron chi connectivity index (χ4n) is 3.95. The number of carbonyl (C=O) groups excluding carboxylic acids is 2. The van der Waals surface area contributed by atoms with Crippen LogP contribution in [0, 0.1) is 17.1 Å². The SMILES string of the molecule is CCNC(=O)c1cc2c(cc1F)CC1C(=O)N(c3cnc(C#N)c(C(F)(F)F)c3)C(=S)N1C2. The first kappa shape index (κ1) is 22.6.